The van der Waals surface area contributed by atoms with Gasteiger partial charge in [0.25, 0.3) is 5.56 Å². The SMILES string of the molecule is CC(C)[C@@H](Sc1nc2sc3c(c2c(=O)n1C)CCCC3)C(=O)NC(N)=O. The Morgan fingerprint density at radius 2 is 2.00 bits per heavy atom. The quantitative estimate of drug-likeness (QED) is 0.610. The summed E-state index contributed by atoms with van der Waals surface area (Å²) in [5.41, 5.74) is 6.13. The van der Waals surface area contributed by atoms with E-state index in [1.54, 1.807) is 18.4 Å². The Labute approximate surface area is 159 Å². The summed E-state index contributed by atoms with van der Waals surface area (Å²) in [6, 6.07) is -0.885. The molecule has 2 aromatic rings. The van der Waals surface area contributed by atoms with E-state index in [9.17, 15) is 14.4 Å². The Morgan fingerprint density at radius 1 is 1.31 bits per heavy atom. The maximum Gasteiger partial charge on any atom is 0.318 e. The van der Waals surface area contributed by atoms with Gasteiger partial charge in [-0.15, -0.1) is 11.3 Å². The number of rotatable bonds is 4. The van der Waals surface area contributed by atoms with Crippen LogP contribution in [0.1, 0.15) is 37.1 Å². The Bertz CT molecular complexity index is 932. The fourth-order valence-corrected chi connectivity index (χ4v) is 5.53. The van der Waals surface area contributed by atoms with Gasteiger partial charge in [-0.05, 0) is 37.2 Å². The lowest BCUT2D eigenvalue weighted by atomic mass is 9.97. The minimum atomic E-state index is -0.885. The number of thiophene rings is 1. The van der Waals surface area contributed by atoms with Crippen molar-refractivity contribution in [2.75, 3.05) is 0 Å². The van der Waals surface area contributed by atoms with Crippen LogP contribution in [-0.2, 0) is 24.7 Å². The number of hydrogen-bond acceptors (Lipinski definition) is 6. The molecule has 0 saturated carbocycles. The van der Waals surface area contributed by atoms with Crippen molar-refractivity contribution in [2.45, 2.75) is 49.9 Å². The van der Waals surface area contributed by atoms with Crippen molar-refractivity contribution in [3.63, 3.8) is 0 Å². The molecule has 140 valence electrons. The van der Waals surface area contributed by atoms with Crippen LogP contribution in [0.2, 0.25) is 0 Å². The lowest BCUT2D eigenvalue weighted by Gasteiger charge is -2.19. The summed E-state index contributed by atoms with van der Waals surface area (Å²) in [7, 11) is 1.67. The molecule has 0 unspecified atom stereocenters. The van der Waals surface area contributed by atoms with Crippen LogP contribution in [-0.4, -0.2) is 26.7 Å². The molecule has 7 nitrogen and oxygen atoms in total. The third-order valence-electron chi connectivity index (χ3n) is 4.50. The van der Waals surface area contributed by atoms with Crippen molar-refractivity contribution < 1.29 is 9.59 Å². The molecule has 1 aliphatic rings. The molecule has 0 radical (unpaired) electrons. The highest BCUT2D eigenvalue weighted by Gasteiger charge is 2.28. The summed E-state index contributed by atoms with van der Waals surface area (Å²) >= 11 is 2.77. The van der Waals surface area contributed by atoms with Crippen LogP contribution >= 0.6 is 23.1 Å². The second-order valence-corrected chi connectivity index (χ2v) is 8.98. The molecule has 0 saturated heterocycles. The summed E-state index contributed by atoms with van der Waals surface area (Å²) in [6.45, 7) is 3.75. The number of nitrogens with zero attached hydrogens (tertiary/aromatic N) is 2. The number of aryl methyl sites for hydroxylation is 2. The smallest absolute Gasteiger partial charge is 0.318 e. The maximum absolute atomic E-state index is 12.9. The Kier molecular flexibility index (Phi) is 5.38. The Morgan fingerprint density at radius 3 is 2.65 bits per heavy atom. The van der Waals surface area contributed by atoms with Crippen molar-refractivity contribution in [3.05, 3.63) is 20.8 Å². The molecule has 0 aromatic carbocycles. The molecule has 3 N–H and O–H groups in total. The van der Waals surface area contributed by atoms with Gasteiger partial charge in [-0.1, -0.05) is 25.6 Å². The first-order valence-electron chi connectivity index (χ1n) is 8.57. The van der Waals surface area contributed by atoms with Gasteiger partial charge in [-0.25, -0.2) is 9.78 Å². The largest absolute Gasteiger partial charge is 0.351 e. The topological polar surface area (TPSA) is 107 Å². The predicted molar refractivity (Wildman–Crippen MR) is 104 cm³/mol. The van der Waals surface area contributed by atoms with E-state index in [2.05, 4.69) is 10.3 Å². The van der Waals surface area contributed by atoms with E-state index in [1.165, 1.54) is 21.2 Å². The maximum atomic E-state index is 12.9. The van der Waals surface area contributed by atoms with Gasteiger partial charge in [-0.3, -0.25) is 19.5 Å². The normalized spacial score (nSPS) is 15.1. The number of amides is 3. The highest BCUT2D eigenvalue weighted by atomic mass is 32.2. The summed E-state index contributed by atoms with van der Waals surface area (Å²) in [5, 5.41) is 2.74. The lowest BCUT2D eigenvalue weighted by molar-refractivity contribution is -0.120. The summed E-state index contributed by atoms with van der Waals surface area (Å²) in [6.07, 6.45) is 4.16. The van der Waals surface area contributed by atoms with E-state index in [1.807, 2.05) is 13.8 Å². The average molecular weight is 395 g/mol. The van der Waals surface area contributed by atoms with Crippen LogP contribution in [0.5, 0.6) is 0 Å². The van der Waals surface area contributed by atoms with Crippen molar-refractivity contribution in [1.82, 2.24) is 14.9 Å². The number of imide groups is 1. The van der Waals surface area contributed by atoms with Crippen LogP contribution in [0.25, 0.3) is 10.2 Å². The van der Waals surface area contributed by atoms with Crippen LogP contribution in [0.3, 0.4) is 0 Å². The second-order valence-electron chi connectivity index (χ2n) is 6.79. The highest BCUT2D eigenvalue weighted by molar-refractivity contribution is 8.00. The number of nitrogens with one attached hydrogen (secondary N) is 1. The number of fused-ring (bicyclic) bond motifs is 3. The summed E-state index contributed by atoms with van der Waals surface area (Å²) < 4.78 is 1.50. The summed E-state index contributed by atoms with van der Waals surface area (Å²) in [4.78, 5) is 42.9. The van der Waals surface area contributed by atoms with Gasteiger partial charge in [0.15, 0.2) is 5.16 Å². The van der Waals surface area contributed by atoms with E-state index in [0.717, 1.165) is 41.5 Å². The van der Waals surface area contributed by atoms with Gasteiger partial charge >= 0.3 is 6.03 Å². The second kappa shape index (κ2) is 7.40. The summed E-state index contributed by atoms with van der Waals surface area (Å²) in [5.74, 6) is -0.541. The number of thioether (sulfide) groups is 1. The van der Waals surface area contributed by atoms with Crippen molar-refractivity contribution in [3.8, 4) is 0 Å². The number of carbonyl (C=O) groups is 2. The zero-order valence-corrected chi connectivity index (χ0v) is 16.6. The molecule has 3 amide bonds. The first kappa shape index (κ1) is 18.9. The predicted octanol–water partition coefficient (Wildman–Crippen LogP) is 2.19. The number of nitrogens with two attached hydrogens (primary N) is 1. The number of hydrogen-bond donors (Lipinski definition) is 2. The molecule has 26 heavy (non-hydrogen) atoms. The average Bonchev–Trinajstić information content (AvgIpc) is 2.93. The molecule has 3 rings (SSSR count). The van der Waals surface area contributed by atoms with Crippen LogP contribution in [0.15, 0.2) is 9.95 Å². The third-order valence-corrected chi connectivity index (χ3v) is 7.27. The minimum absolute atomic E-state index is 0.0662. The van der Waals surface area contributed by atoms with Crippen LogP contribution in [0, 0.1) is 5.92 Å². The van der Waals surface area contributed by atoms with Crippen LogP contribution < -0.4 is 16.6 Å². The standard InChI is InChI=1S/C17H22N4O3S2/c1-8(2)12(13(22)19-16(18)24)26-17-20-14-11(15(23)21(17)3)9-6-4-5-7-10(9)25-14/h8,12H,4-7H2,1-3H3,(H3,18,19,22,24)/t12-/m1/s1. The number of aromatic nitrogens is 2. The van der Waals surface area contributed by atoms with Crippen molar-refractivity contribution >= 4 is 45.3 Å². The van der Waals surface area contributed by atoms with E-state index < -0.39 is 17.2 Å². The highest BCUT2D eigenvalue weighted by Crippen LogP contribution is 2.35. The Hall–Kier alpha value is -1.87. The first-order chi connectivity index (χ1) is 12.3. The number of carbonyl (C=O) groups excluding carboxylic acids is 2. The van der Waals surface area contributed by atoms with Gasteiger partial charge < -0.3 is 5.73 Å². The molecule has 0 fully saturated rings. The zero-order chi connectivity index (χ0) is 19.0. The van der Waals surface area contributed by atoms with E-state index >= 15 is 0 Å². The molecule has 2 heterocycles. The lowest BCUT2D eigenvalue weighted by Crippen LogP contribution is -2.42. The molecular formula is C17H22N4O3S2. The molecular weight excluding hydrogens is 372 g/mol. The zero-order valence-electron chi connectivity index (χ0n) is 15.0. The molecule has 0 bridgehead atoms. The first-order valence-corrected chi connectivity index (χ1v) is 10.3. The van der Waals surface area contributed by atoms with Gasteiger partial charge in [0.05, 0.1) is 10.6 Å². The number of primary amides is 1. The molecule has 9 heteroatoms. The molecule has 0 spiro atoms. The van der Waals surface area contributed by atoms with E-state index in [4.69, 9.17) is 5.73 Å². The fourth-order valence-electron chi connectivity index (χ4n) is 3.17. The monoisotopic (exact) mass is 394 g/mol. The Balaban J connectivity index is 2.02. The molecule has 1 aliphatic carbocycles. The van der Waals surface area contributed by atoms with Gasteiger partial charge in [0.1, 0.15) is 4.83 Å². The van der Waals surface area contributed by atoms with Crippen molar-refractivity contribution in [1.29, 1.82) is 0 Å². The molecule has 2 aromatic heterocycles. The van der Waals surface area contributed by atoms with E-state index in [0.29, 0.717) is 5.16 Å². The van der Waals surface area contributed by atoms with Crippen molar-refractivity contribution in [2.24, 2.45) is 18.7 Å². The van der Waals surface area contributed by atoms with E-state index in [-0.39, 0.29) is 11.5 Å². The van der Waals surface area contributed by atoms with Gasteiger partial charge in [-0.2, -0.15) is 0 Å². The van der Waals surface area contributed by atoms with Crippen LogP contribution in [0.4, 0.5) is 4.79 Å². The van der Waals surface area contributed by atoms with Gasteiger partial charge in [0.2, 0.25) is 5.91 Å². The fraction of sp³-hybridized carbons (Fsp3) is 0.529. The molecule has 0 aliphatic heterocycles. The minimum Gasteiger partial charge on any atom is -0.351 e. The van der Waals surface area contributed by atoms with Gasteiger partial charge in [0, 0.05) is 11.9 Å². The third kappa shape index (κ3) is 3.50. The number of urea groups is 1. The molecule has 1 atom stereocenters.